The first-order valence-corrected chi connectivity index (χ1v) is 5.45. The predicted molar refractivity (Wildman–Crippen MR) is 56.2 cm³/mol. The maximum absolute atomic E-state index is 13.7. The molecule has 0 spiro atoms. The van der Waals surface area contributed by atoms with Crippen molar-refractivity contribution in [3.8, 4) is 11.1 Å². The Kier molecular flexibility index (Phi) is 3.84. The Balaban J connectivity index is 3.03. The second-order valence-electron chi connectivity index (χ2n) is 4.20. The van der Waals surface area contributed by atoms with E-state index in [0.717, 1.165) is 0 Å². The van der Waals surface area contributed by atoms with Crippen LogP contribution in [0.1, 0.15) is 5.56 Å². The highest BCUT2D eigenvalue weighted by atomic mass is 19.2. The molecule has 9 heteroatoms. The fourth-order valence-corrected chi connectivity index (χ4v) is 1.79. The minimum atomic E-state index is -2.59. The number of benzene rings is 2. The van der Waals surface area contributed by atoms with E-state index in [2.05, 4.69) is 0 Å². The summed E-state index contributed by atoms with van der Waals surface area (Å²) in [7, 11) is 0. The van der Waals surface area contributed by atoms with E-state index in [4.69, 9.17) is 0 Å². The van der Waals surface area contributed by atoms with Gasteiger partial charge >= 0.3 is 0 Å². The van der Waals surface area contributed by atoms with Crippen LogP contribution in [0.25, 0.3) is 11.1 Å². The third-order valence-electron chi connectivity index (χ3n) is 2.94. The summed E-state index contributed by atoms with van der Waals surface area (Å²) in [4.78, 5) is 0. The van der Waals surface area contributed by atoms with Crippen LogP contribution in [0.4, 0.5) is 39.5 Å². The largest absolute Gasteiger partial charge is 0.203 e. The Morgan fingerprint density at radius 2 is 0.591 bits per heavy atom. The van der Waals surface area contributed by atoms with Crippen molar-refractivity contribution < 1.29 is 39.5 Å². The second kappa shape index (κ2) is 5.22. The lowest BCUT2D eigenvalue weighted by Gasteiger charge is -2.12. The molecule has 0 radical (unpaired) electrons. The molecule has 0 amide bonds. The summed E-state index contributed by atoms with van der Waals surface area (Å²) in [6.07, 6.45) is 0. The minimum absolute atomic E-state index is 0.624. The van der Waals surface area contributed by atoms with Crippen LogP contribution in [-0.2, 0) is 0 Å². The van der Waals surface area contributed by atoms with Crippen molar-refractivity contribution in [1.82, 2.24) is 0 Å². The first-order chi connectivity index (χ1) is 10.1. The van der Waals surface area contributed by atoms with Gasteiger partial charge in [0.05, 0.1) is 11.1 Å². The van der Waals surface area contributed by atoms with E-state index in [1.165, 1.54) is 0 Å². The number of halogens is 9. The summed E-state index contributed by atoms with van der Waals surface area (Å²) in [6, 6.07) is 0. The van der Waals surface area contributed by atoms with E-state index < -0.39 is 69.0 Å². The molecule has 0 bridgehead atoms. The van der Waals surface area contributed by atoms with E-state index in [-0.39, 0.29) is 0 Å². The van der Waals surface area contributed by atoms with Crippen LogP contribution < -0.4 is 0 Å². The normalized spacial score (nSPS) is 11.2. The van der Waals surface area contributed by atoms with E-state index in [1.807, 2.05) is 0 Å². The van der Waals surface area contributed by atoms with Gasteiger partial charge in [0.2, 0.25) is 5.82 Å². The fourth-order valence-electron chi connectivity index (χ4n) is 1.79. The highest BCUT2D eigenvalue weighted by Crippen LogP contribution is 2.37. The Labute approximate surface area is 116 Å². The van der Waals surface area contributed by atoms with E-state index in [9.17, 15) is 39.5 Å². The third-order valence-corrected chi connectivity index (χ3v) is 2.94. The summed E-state index contributed by atoms with van der Waals surface area (Å²) < 4.78 is 120. The van der Waals surface area contributed by atoms with Gasteiger partial charge in [0.1, 0.15) is 0 Å². The van der Waals surface area contributed by atoms with Crippen molar-refractivity contribution in [3.05, 3.63) is 57.9 Å². The average Bonchev–Trinajstić information content (AvgIpc) is 2.50. The first-order valence-electron chi connectivity index (χ1n) is 5.45. The quantitative estimate of drug-likeness (QED) is 0.396. The standard InChI is InChI=1S/C13H3F9/c1-2-5(14)7(16)3(8(17)6(2)15)4-9(18)11(20)13(22)12(21)10(4)19/h1H3. The maximum Gasteiger partial charge on any atom is 0.200 e. The topological polar surface area (TPSA) is 0 Å². The zero-order valence-electron chi connectivity index (χ0n) is 10.4. The minimum Gasteiger partial charge on any atom is -0.203 e. The zero-order valence-corrected chi connectivity index (χ0v) is 10.4. The first kappa shape index (κ1) is 16.2. The lowest BCUT2D eigenvalue weighted by Crippen LogP contribution is -2.09. The van der Waals surface area contributed by atoms with Gasteiger partial charge in [-0.15, -0.1) is 0 Å². The lowest BCUT2D eigenvalue weighted by atomic mass is 9.99. The highest BCUT2D eigenvalue weighted by molar-refractivity contribution is 5.67. The maximum atomic E-state index is 13.7. The highest BCUT2D eigenvalue weighted by Gasteiger charge is 2.33. The van der Waals surface area contributed by atoms with Gasteiger partial charge < -0.3 is 0 Å². The van der Waals surface area contributed by atoms with Crippen LogP contribution in [0, 0.1) is 59.3 Å². The van der Waals surface area contributed by atoms with Gasteiger partial charge in [-0.1, -0.05) is 0 Å². The fraction of sp³-hybridized carbons (Fsp3) is 0.0769. The molecular weight excluding hydrogens is 327 g/mol. The van der Waals surface area contributed by atoms with E-state index >= 15 is 0 Å². The van der Waals surface area contributed by atoms with Crippen LogP contribution >= 0.6 is 0 Å². The molecule has 0 nitrogen and oxygen atoms in total. The Bertz CT molecular complexity index is 670. The molecule has 0 atom stereocenters. The Hall–Kier alpha value is -2.19. The summed E-state index contributed by atoms with van der Waals surface area (Å²) in [5.74, 6) is -21.4. The molecule has 0 fully saturated rings. The van der Waals surface area contributed by atoms with Crippen molar-refractivity contribution in [2.75, 3.05) is 0 Å². The molecule has 0 aliphatic heterocycles. The van der Waals surface area contributed by atoms with Gasteiger partial charge in [0.15, 0.2) is 46.5 Å². The van der Waals surface area contributed by atoms with E-state index in [0.29, 0.717) is 6.92 Å². The van der Waals surface area contributed by atoms with Gasteiger partial charge in [0.25, 0.3) is 0 Å². The molecule has 0 N–H and O–H groups in total. The summed E-state index contributed by atoms with van der Waals surface area (Å²) in [5.41, 5.74) is -5.26. The Morgan fingerprint density at radius 1 is 0.364 bits per heavy atom. The molecule has 118 valence electrons. The molecule has 2 aromatic carbocycles. The number of hydrogen-bond acceptors (Lipinski definition) is 0. The second-order valence-corrected chi connectivity index (χ2v) is 4.20. The van der Waals surface area contributed by atoms with Crippen LogP contribution in [0.15, 0.2) is 0 Å². The molecule has 0 aliphatic carbocycles. The lowest BCUT2D eigenvalue weighted by molar-refractivity contribution is 0.379. The molecule has 2 rings (SSSR count). The molecule has 0 aliphatic rings. The summed E-state index contributed by atoms with van der Waals surface area (Å²) >= 11 is 0. The van der Waals surface area contributed by atoms with Gasteiger partial charge in [-0.25, -0.2) is 39.5 Å². The molecule has 22 heavy (non-hydrogen) atoms. The third kappa shape index (κ3) is 2.03. The number of hydrogen-bond donors (Lipinski definition) is 0. The number of rotatable bonds is 1. The molecule has 0 heterocycles. The molecular formula is C13H3F9. The van der Waals surface area contributed by atoms with Crippen molar-refractivity contribution in [3.63, 3.8) is 0 Å². The van der Waals surface area contributed by atoms with Crippen molar-refractivity contribution in [2.45, 2.75) is 6.92 Å². The van der Waals surface area contributed by atoms with Gasteiger partial charge in [0, 0.05) is 5.56 Å². The SMILES string of the molecule is Cc1c(F)c(F)c(-c2c(F)c(F)c(F)c(F)c2F)c(F)c1F. The van der Waals surface area contributed by atoms with Crippen LogP contribution in [-0.4, -0.2) is 0 Å². The van der Waals surface area contributed by atoms with E-state index in [1.54, 1.807) is 0 Å². The summed E-state index contributed by atoms with van der Waals surface area (Å²) in [5, 5.41) is 0. The zero-order chi connectivity index (χ0) is 16.9. The molecule has 0 unspecified atom stereocenters. The molecule has 2 aromatic rings. The summed E-state index contributed by atoms with van der Waals surface area (Å²) in [6.45, 7) is 0.624. The van der Waals surface area contributed by atoms with Gasteiger partial charge in [-0.2, -0.15) is 0 Å². The molecule has 0 saturated carbocycles. The van der Waals surface area contributed by atoms with Crippen LogP contribution in [0.2, 0.25) is 0 Å². The van der Waals surface area contributed by atoms with Crippen molar-refractivity contribution >= 4 is 0 Å². The van der Waals surface area contributed by atoms with Crippen molar-refractivity contribution in [1.29, 1.82) is 0 Å². The van der Waals surface area contributed by atoms with Crippen LogP contribution in [0.5, 0.6) is 0 Å². The Morgan fingerprint density at radius 3 is 0.909 bits per heavy atom. The van der Waals surface area contributed by atoms with Crippen LogP contribution in [0.3, 0.4) is 0 Å². The predicted octanol–water partition coefficient (Wildman–Crippen LogP) is 4.91. The molecule has 0 aromatic heterocycles. The van der Waals surface area contributed by atoms with Gasteiger partial charge in [-0.3, -0.25) is 0 Å². The monoisotopic (exact) mass is 330 g/mol. The molecule has 0 saturated heterocycles. The van der Waals surface area contributed by atoms with Gasteiger partial charge in [-0.05, 0) is 6.92 Å². The smallest absolute Gasteiger partial charge is 0.200 e. The van der Waals surface area contributed by atoms with Crippen molar-refractivity contribution in [2.24, 2.45) is 0 Å². The average molecular weight is 330 g/mol.